The Balaban J connectivity index is 2.49. The molecule has 0 amide bonds. The van der Waals surface area contributed by atoms with Crippen molar-refractivity contribution in [1.82, 2.24) is 0 Å². The molecule has 2 aliphatic rings. The van der Waals surface area contributed by atoms with Crippen molar-refractivity contribution in [3.8, 4) is 0 Å². The minimum atomic E-state index is 0.977. The van der Waals surface area contributed by atoms with Crippen LogP contribution in [0.15, 0.2) is 35.6 Å². The molecule has 0 aromatic rings. The lowest BCUT2D eigenvalue weighted by atomic mass is 10.3. The molecule has 0 atom stereocenters. The molecule has 0 saturated carbocycles. The number of hydrogen-bond acceptors (Lipinski definition) is 1. The molecular weight excluding hydrogens is 100 g/mol. The first kappa shape index (κ1) is 3.96. The first-order chi connectivity index (χ1) is 3.97. The van der Waals surface area contributed by atoms with E-state index in [2.05, 4.69) is 0 Å². The van der Waals surface area contributed by atoms with Crippen LogP contribution in [-0.4, -0.2) is 0 Å². The van der Waals surface area contributed by atoms with E-state index in [0.29, 0.717) is 0 Å². The molecule has 1 heteroatoms. The highest BCUT2D eigenvalue weighted by Crippen LogP contribution is 2.25. The van der Waals surface area contributed by atoms with Gasteiger partial charge in [-0.15, -0.1) is 0 Å². The maximum atomic E-state index is 5.06. The Morgan fingerprint density at radius 2 is 2.25 bits per heavy atom. The molecule has 8 heavy (non-hydrogen) atoms. The number of ether oxygens (including phenoxy) is 1. The van der Waals surface area contributed by atoms with Crippen LogP contribution < -0.4 is 0 Å². The van der Waals surface area contributed by atoms with Crippen LogP contribution in [0.25, 0.3) is 0 Å². The average Bonchev–Trinajstić information content (AvgIpc) is 2.15. The number of fused-ring (bicyclic) bond motifs is 1. The summed E-state index contributed by atoms with van der Waals surface area (Å²) >= 11 is 0. The molecule has 0 unspecified atom stereocenters. The monoisotopic (exact) mass is 105 g/mol. The Morgan fingerprint density at radius 3 is 3.12 bits per heavy atom. The van der Waals surface area contributed by atoms with Gasteiger partial charge in [-0.3, -0.25) is 0 Å². The molecule has 0 aromatic heterocycles. The third kappa shape index (κ3) is 0.360. The summed E-state index contributed by atoms with van der Waals surface area (Å²) in [5.74, 6) is 0.977. The average molecular weight is 105 g/mol. The number of hydrogen-bond donors (Lipinski definition) is 0. The fraction of sp³-hybridized carbons (Fsp3) is 0. The summed E-state index contributed by atoms with van der Waals surface area (Å²) in [4.78, 5) is 0. The molecule has 1 aliphatic carbocycles. The van der Waals surface area contributed by atoms with Gasteiger partial charge in [-0.05, 0) is 12.2 Å². The van der Waals surface area contributed by atoms with E-state index in [9.17, 15) is 0 Å². The second-order valence-corrected chi connectivity index (χ2v) is 1.77. The predicted octanol–water partition coefficient (Wildman–Crippen LogP) is 1.56. The van der Waals surface area contributed by atoms with E-state index < -0.39 is 0 Å². The summed E-state index contributed by atoms with van der Waals surface area (Å²) in [5, 5.41) is 0. The minimum Gasteiger partial charge on any atom is -0.481 e. The molecule has 2 rings (SSSR count). The highest BCUT2D eigenvalue weighted by molar-refractivity contribution is 5.48. The Hall–Kier alpha value is -0.980. The predicted molar refractivity (Wildman–Crippen MR) is 30.7 cm³/mol. The second kappa shape index (κ2) is 1.25. The standard InChI is InChI=1S/C7H5O/c1-2-6-4-5-8-7(6)3-1/h1-5H. The molecular formula is C7H5O. The van der Waals surface area contributed by atoms with Gasteiger partial charge in [0.15, 0.2) is 6.61 Å². The summed E-state index contributed by atoms with van der Waals surface area (Å²) < 4.78 is 5.06. The van der Waals surface area contributed by atoms with Gasteiger partial charge in [0.25, 0.3) is 0 Å². The molecule has 0 fully saturated rings. The summed E-state index contributed by atoms with van der Waals surface area (Å²) in [6, 6.07) is 0. The zero-order chi connectivity index (χ0) is 5.40. The molecule has 39 valence electrons. The number of allylic oxidation sites excluding steroid dienone is 3. The molecule has 1 aliphatic heterocycles. The maximum absolute atomic E-state index is 5.06. The van der Waals surface area contributed by atoms with E-state index >= 15 is 0 Å². The lowest BCUT2D eigenvalue weighted by molar-refractivity contribution is 0.340. The van der Waals surface area contributed by atoms with Crippen LogP contribution in [0, 0.1) is 6.61 Å². The van der Waals surface area contributed by atoms with Crippen LogP contribution in [0.1, 0.15) is 0 Å². The van der Waals surface area contributed by atoms with E-state index in [1.165, 1.54) is 5.57 Å². The first-order valence-electron chi connectivity index (χ1n) is 2.56. The third-order valence-corrected chi connectivity index (χ3v) is 1.25. The fourth-order valence-electron chi connectivity index (χ4n) is 0.843. The van der Waals surface area contributed by atoms with E-state index in [4.69, 9.17) is 4.74 Å². The van der Waals surface area contributed by atoms with Crippen molar-refractivity contribution in [2.45, 2.75) is 0 Å². The maximum Gasteiger partial charge on any atom is 0.158 e. The van der Waals surface area contributed by atoms with Crippen LogP contribution in [0.2, 0.25) is 0 Å². The van der Waals surface area contributed by atoms with Crippen LogP contribution in [-0.2, 0) is 4.74 Å². The minimum absolute atomic E-state index is 0.977. The normalized spacial score (nSPS) is 22.0. The van der Waals surface area contributed by atoms with Crippen molar-refractivity contribution in [2.24, 2.45) is 0 Å². The zero-order valence-corrected chi connectivity index (χ0v) is 4.29. The summed E-state index contributed by atoms with van der Waals surface area (Å²) in [7, 11) is 0. The van der Waals surface area contributed by atoms with Gasteiger partial charge in [-0.25, -0.2) is 0 Å². The van der Waals surface area contributed by atoms with Gasteiger partial charge in [0.1, 0.15) is 5.76 Å². The molecule has 1 nitrogen and oxygen atoms in total. The van der Waals surface area contributed by atoms with E-state index in [1.807, 2.05) is 24.3 Å². The molecule has 0 spiro atoms. The molecule has 0 saturated heterocycles. The third-order valence-electron chi connectivity index (χ3n) is 1.25. The lowest BCUT2D eigenvalue weighted by Gasteiger charge is -1.91. The van der Waals surface area contributed by atoms with E-state index in [-0.39, 0.29) is 0 Å². The van der Waals surface area contributed by atoms with Crippen molar-refractivity contribution in [3.63, 3.8) is 0 Å². The summed E-state index contributed by atoms with van der Waals surface area (Å²) in [6.45, 7) is 1.70. The largest absolute Gasteiger partial charge is 0.481 e. The molecule has 1 heterocycles. The molecule has 1 radical (unpaired) electrons. The van der Waals surface area contributed by atoms with Crippen molar-refractivity contribution in [3.05, 3.63) is 42.2 Å². The zero-order valence-electron chi connectivity index (χ0n) is 4.29. The van der Waals surface area contributed by atoms with Gasteiger partial charge in [0, 0.05) is 5.57 Å². The summed E-state index contributed by atoms with van der Waals surface area (Å²) in [5.41, 5.74) is 1.19. The van der Waals surface area contributed by atoms with Gasteiger partial charge in [0.05, 0.1) is 0 Å². The molecule has 0 bridgehead atoms. The van der Waals surface area contributed by atoms with Gasteiger partial charge in [0.2, 0.25) is 0 Å². The first-order valence-corrected chi connectivity index (χ1v) is 2.56. The molecule has 0 N–H and O–H groups in total. The second-order valence-electron chi connectivity index (χ2n) is 1.77. The Morgan fingerprint density at radius 1 is 1.25 bits per heavy atom. The fourth-order valence-corrected chi connectivity index (χ4v) is 0.843. The van der Waals surface area contributed by atoms with Gasteiger partial charge >= 0.3 is 0 Å². The quantitative estimate of drug-likeness (QED) is 0.454. The Labute approximate surface area is 48.0 Å². The smallest absolute Gasteiger partial charge is 0.158 e. The molecule has 0 aromatic carbocycles. The van der Waals surface area contributed by atoms with E-state index in [0.717, 1.165) is 5.76 Å². The highest BCUT2D eigenvalue weighted by atomic mass is 16.5. The van der Waals surface area contributed by atoms with Gasteiger partial charge < -0.3 is 4.74 Å². The van der Waals surface area contributed by atoms with Crippen molar-refractivity contribution < 1.29 is 4.74 Å². The SMILES string of the molecule is [CH]1C=C2C=CC=C2O1. The van der Waals surface area contributed by atoms with Crippen LogP contribution in [0.4, 0.5) is 0 Å². The highest BCUT2D eigenvalue weighted by Gasteiger charge is 2.12. The van der Waals surface area contributed by atoms with Crippen molar-refractivity contribution >= 4 is 0 Å². The van der Waals surface area contributed by atoms with Gasteiger partial charge in [-0.2, -0.15) is 0 Å². The van der Waals surface area contributed by atoms with E-state index in [1.54, 1.807) is 6.61 Å². The van der Waals surface area contributed by atoms with Crippen molar-refractivity contribution in [2.75, 3.05) is 0 Å². The van der Waals surface area contributed by atoms with Crippen LogP contribution in [0.5, 0.6) is 0 Å². The van der Waals surface area contributed by atoms with Crippen LogP contribution in [0.3, 0.4) is 0 Å². The lowest BCUT2D eigenvalue weighted by Crippen LogP contribution is -1.74. The van der Waals surface area contributed by atoms with Crippen LogP contribution >= 0.6 is 0 Å². The number of rotatable bonds is 0. The topological polar surface area (TPSA) is 9.23 Å². The van der Waals surface area contributed by atoms with Gasteiger partial charge in [-0.1, -0.05) is 12.2 Å². The Bertz CT molecular complexity index is 196. The van der Waals surface area contributed by atoms with Crippen molar-refractivity contribution in [1.29, 1.82) is 0 Å². The summed E-state index contributed by atoms with van der Waals surface area (Å²) in [6.07, 6.45) is 7.91. The Kier molecular flexibility index (Phi) is 0.618.